The van der Waals surface area contributed by atoms with Crippen LogP contribution in [0.3, 0.4) is 0 Å². The van der Waals surface area contributed by atoms with Gasteiger partial charge >= 0.3 is 0 Å². The molecule has 0 bridgehead atoms. The van der Waals surface area contributed by atoms with Crippen LogP contribution in [-0.4, -0.2) is 51.8 Å². The van der Waals surface area contributed by atoms with E-state index < -0.39 is 22.0 Å². The quantitative estimate of drug-likeness (QED) is 0.613. The number of amides is 2. The highest BCUT2D eigenvalue weighted by Crippen LogP contribution is 2.25. The Labute approximate surface area is 195 Å². The molecule has 1 aliphatic rings. The molecule has 9 heteroatoms. The Morgan fingerprint density at radius 2 is 1.82 bits per heavy atom. The third kappa shape index (κ3) is 6.33. The van der Waals surface area contributed by atoms with Crippen LogP contribution in [0.2, 0.25) is 0 Å². The van der Waals surface area contributed by atoms with E-state index in [-0.39, 0.29) is 12.0 Å². The molecule has 2 aromatic rings. The normalized spacial score (nSPS) is 16.8. The molecule has 1 saturated heterocycles. The molecule has 178 valence electrons. The fraction of sp³-hybridized carbons (Fsp3) is 0.417. The van der Waals surface area contributed by atoms with Gasteiger partial charge in [0.05, 0.1) is 29.3 Å². The number of nitrogens with one attached hydrogen (secondary N) is 2. The molecule has 2 amide bonds. The first-order valence-electron chi connectivity index (χ1n) is 10.9. The second kappa shape index (κ2) is 10.4. The van der Waals surface area contributed by atoms with Crippen LogP contribution in [0.15, 0.2) is 42.5 Å². The number of sulfonamides is 1. The highest BCUT2D eigenvalue weighted by atomic mass is 32.2. The number of ether oxygens (including phenoxy) is 1. The van der Waals surface area contributed by atoms with E-state index in [0.29, 0.717) is 30.1 Å². The number of anilines is 2. The third-order valence-electron chi connectivity index (χ3n) is 5.49. The lowest BCUT2D eigenvalue weighted by Gasteiger charge is -2.29. The number of carbonyl (C=O) groups is 2. The predicted molar refractivity (Wildman–Crippen MR) is 129 cm³/mol. The summed E-state index contributed by atoms with van der Waals surface area (Å²) in [4.78, 5) is 25.9. The van der Waals surface area contributed by atoms with Gasteiger partial charge in [0.2, 0.25) is 15.9 Å². The minimum atomic E-state index is -3.75. The van der Waals surface area contributed by atoms with Crippen molar-refractivity contribution in [1.29, 1.82) is 0 Å². The first kappa shape index (κ1) is 24.7. The summed E-state index contributed by atoms with van der Waals surface area (Å²) in [5.74, 6) is -0.873. The van der Waals surface area contributed by atoms with Gasteiger partial charge in [-0.25, -0.2) is 8.42 Å². The summed E-state index contributed by atoms with van der Waals surface area (Å²) in [7, 11) is -3.75. The standard InChI is InChI=1S/C24H31N3O5S/c1-16-12-17(2)14-19(13-16)27(33(4,30)31)18(3)23(28)26-22-10-6-5-9-21(22)24(29)25-15-20-8-7-11-32-20/h5-6,9-10,12-14,18,20H,7-8,11,15H2,1-4H3,(H,25,29)(H,26,28)/t18-,20-/m1/s1. The molecular weight excluding hydrogens is 442 g/mol. The lowest BCUT2D eigenvalue weighted by atomic mass is 10.1. The molecule has 1 heterocycles. The lowest BCUT2D eigenvalue weighted by molar-refractivity contribution is -0.116. The maximum absolute atomic E-state index is 13.1. The molecule has 0 radical (unpaired) electrons. The van der Waals surface area contributed by atoms with Crippen LogP contribution in [0.4, 0.5) is 11.4 Å². The van der Waals surface area contributed by atoms with Crippen LogP contribution in [0, 0.1) is 13.8 Å². The molecule has 1 fully saturated rings. The predicted octanol–water partition coefficient (Wildman–Crippen LogP) is 3.01. The SMILES string of the molecule is Cc1cc(C)cc(N([C@H](C)C(=O)Nc2ccccc2C(=O)NC[C@H]2CCCO2)S(C)(=O)=O)c1. The fourth-order valence-electron chi connectivity index (χ4n) is 4.02. The molecule has 0 spiro atoms. The van der Waals surface area contributed by atoms with Gasteiger partial charge < -0.3 is 15.4 Å². The Kier molecular flexibility index (Phi) is 7.76. The largest absolute Gasteiger partial charge is 0.376 e. The van der Waals surface area contributed by atoms with Crippen LogP contribution in [0.1, 0.15) is 41.3 Å². The fourth-order valence-corrected chi connectivity index (χ4v) is 5.18. The van der Waals surface area contributed by atoms with Gasteiger partial charge in [0.25, 0.3) is 5.91 Å². The first-order valence-corrected chi connectivity index (χ1v) is 12.8. The van der Waals surface area contributed by atoms with Crippen molar-refractivity contribution in [2.45, 2.75) is 45.8 Å². The topological polar surface area (TPSA) is 105 Å². The van der Waals surface area contributed by atoms with Gasteiger partial charge in [-0.3, -0.25) is 13.9 Å². The van der Waals surface area contributed by atoms with Crippen molar-refractivity contribution in [2.75, 3.05) is 29.0 Å². The van der Waals surface area contributed by atoms with Crippen LogP contribution in [-0.2, 0) is 19.6 Å². The van der Waals surface area contributed by atoms with Gasteiger partial charge in [0, 0.05) is 13.2 Å². The molecule has 0 aromatic heterocycles. The summed E-state index contributed by atoms with van der Waals surface area (Å²) in [6.07, 6.45) is 2.94. The Morgan fingerprint density at radius 1 is 1.15 bits per heavy atom. The zero-order valence-corrected chi connectivity index (χ0v) is 20.2. The lowest BCUT2D eigenvalue weighted by Crippen LogP contribution is -2.45. The van der Waals surface area contributed by atoms with Crippen LogP contribution in [0.5, 0.6) is 0 Å². The average molecular weight is 474 g/mol. The number of rotatable bonds is 8. The van der Waals surface area contributed by atoms with Gasteiger partial charge in [0.15, 0.2) is 0 Å². The minimum absolute atomic E-state index is 0.00293. The van der Waals surface area contributed by atoms with Gasteiger partial charge in [-0.05, 0) is 69.0 Å². The van der Waals surface area contributed by atoms with Gasteiger partial charge in [-0.15, -0.1) is 0 Å². The zero-order chi connectivity index (χ0) is 24.2. The van der Waals surface area contributed by atoms with E-state index in [1.165, 1.54) is 6.92 Å². The van der Waals surface area contributed by atoms with E-state index in [1.807, 2.05) is 19.9 Å². The molecule has 1 aliphatic heterocycles. The number of nitrogens with zero attached hydrogens (tertiary/aromatic N) is 1. The molecule has 0 saturated carbocycles. The van der Waals surface area contributed by atoms with Gasteiger partial charge in [0.1, 0.15) is 6.04 Å². The second-order valence-electron chi connectivity index (χ2n) is 8.46. The Morgan fingerprint density at radius 3 is 2.42 bits per heavy atom. The van der Waals surface area contributed by atoms with E-state index in [1.54, 1.807) is 36.4 Å². The van der Waals surface area contributed by atoms with Crippen molar-refractivity contribution in [3.63, 3.8) is 0 Å². The summed E-state index contributed by atoms with van der Waals surface area (Å²) in [5.41, 5.74) is 2.81. The van der Waals surface area contributed by atoms with Crippen LogP contribution < -0.4 is 14.9 Å². The number of hydrogen-bond donors (Lipinski definition) is 2. The molecule has 0 aliphatic carbocycles. The van der Waals surface area contributed by atoms with E-state index in [4.69, 9.17) is 4.74 Å². The van der Waals surface area contributed by atoms with E-state index in [0.717, 1.165) is 34.5 Å². The second-order valence-corrected chi connectivity index (χ2v) is 10.3. The van der Waals surface area contributed by atoms with Crippen molar-refractivity contribution in [1.82, 2.24) is 5.32 Å². The number of benzene rings is 2. The van der Waals surface area contributed by atoms with E-state index >= 15 is 0 Å². The van der Waals surface area contributed by atoms with Crippen molar-refractivity contribution >= 4 is 33.2 Å². The van der Waals surface area contributed by atoms with Gasteiger partial charge in [-0.2, -0.15) is 0 Å². The molecule has 8 nitrogen and oxygen atoms in total. The van der Waals surface area contributed by atoms with E-state index in [2.05, 4.69) is 10.6 Å². The Bertz CT molecular complexity index is 1110. The first-order chi connectivity index (χ1) is 15.6. The molecule has 2 aromatic carbocycles. The summed E-state index contributed by atoms with van der Waals surface area (Å²) in [5, 5.41) is 5.58. The number of carbonyl (C=O) groups excluding carboxylic acids is 2. The summed E-state index contributed by atoms with van der Waals surface area (Å²) in [6.45, 7) is 6.35. The van der Waals surface area contributed by atoms with Crippen molar-refractivity contribution in [3.8, 4) is 0 Å². The van der Waals surface area contributed by atoms with E-state index in [9.17, 15) is 18.0 Å². The van der Waals surface area contributed by atoms with Crippen molar-refractivity contribution < 1.29 is 22.7 Å². The number of para-hydroxylation sites is 1. The zero-order valence-electron chi connectivity index (χ0n) is 19.4. The number of hydrogen-bond acceptors (Lipinski definition) is 5. The van der Waals surface area contributed by atoms with Crippen molar-refractivity contribution in [2.24, 2.45) is 0 Å². The Balaban J connectivity index is 1.80. The smallest absolute Gasteiger partial charge is 0.253 e. The van der Waals surface area contributed by atoms with Crippen LogP contribution in [0.25, 0.3) is 0 Å². The van der Waals surface area contributed by atoms with Crippen molar-refractivity contribution in [3.05, 3.63) is 59.2 Å². The highest BCUT2D eigenvalue weighted by molar-refractivity contribution is 7.92. The molecule has 0 unspecified atom stereocenters. The monoisotopic (exact) mass is 473 g/mol. The van der Waals surface area contributed by atoms with Gasteiger partial charge in [-0.1, -0.05) is 18.2 Å². The average Bonchev–Trinajstić information content (AvgIpc) is 3.24. The molecule has 2 atom stereocenters. The third-order valence-corrected chi connectivity index (χ3v) is 6.73. The Hall–Kier alpha value is -2.91. The molecular formula is C24H31N3O5S. The summed E-state index contributed by atoms with van der Waals surface area (Å²) in [6, 6.07) is 11.0. The highest BCUT2D eigenvalue weighted by Gasteiger charge is 2.30. The summed E-state index contributed by atoms with van der Waals surface area (Å²) >= 11 is 0. The van der Waals surface area contributed by atoms with Crippen LogP contribution >= 0.6 is 0 Å². The maximum Gasteiger partial charge on any atom is 0.253 e. The summed E-state index contributed by atoms with van der Waals surface area (Å²) < 4.78 is 31.9. The molecule has 3 rings (SSSR count). The molecule has 33 heavy (non-hydrogen) atoms. The maximum atomic E-state index is 13.1. The number of aryl methyl sites for hydroxylation is 2. The minimum Gasteiger partial charge on any atom is -0.376 e. The molecule has 2 N–H and O–H groups in total.